The zero-order chi connectivity index (χ0) is 20.4. The summed E-state index contributed by atoms with van der Waals surface area (Å²) in [6, 6.07) is 13.7. The number of carbonyl (C=O) groups is 1. The molecular weight excluding hydrogens is 398 g/mol. The number of thioether (sulfide) groups is 1. The Morgan fingerprint density at radius 3 is 2.73 bits per heavy atom. The molecule has 1 spiro atoms. The summed E-state index contributed by atoms with van der Waals surface area (Å²) in [6.45, 7) is 1.07. The Bertz CT molecular complexity index is 985. The van der Waals surface area contributed by atoms with Crippen LogP contribution in [0, 0.1) is 0 Å². The van der Waals surface area contributed by atoms with Crippen LogP contribution in [0.1, 0.15) is 37.7 Å². The smallest absolute Gasteiger partial charge is 0.234 e. The maximum absolute atomic E-state index is 12.6. The Labute approximate surface area is 180 Å². The summed E-state index contributed by atoms with van der Waals surface area (Å²) >= 11 is 1.51. The molecule has 0 bridgehead atoms. The van der Waals surface area contributed by atoms with Gasteiger partial charge in [-0.3, -0.25) is 4.79 Å². The van der Waals surface area contributed by atoms with E-state index in [1.165, 1.54) is 31.0 Å². The number of ether oxygens (including phenoxy) is 2. The molecule has 1 amide bonds. The van der Waals surface area contributed by atoms with Crippen LogP contribution < -0.4 is 20.1 Å². The minimum absolute atomic E-state index is 0.0620. The first-order chi connectivity index (χ1) is 14.7. The molecule has 2 aromatic carbocycles. The van der Waals surface area contributed by atoms with Gasteiger partial charge in [-0.2, -0.15) is 0 Å². The fraction of sp³-hybridized carbons (Fsp3) is 0.391. The molecule has 0 unspecified atom stereocenters. The van der Waals surface area contributed by atoms with E-state index < -0.39 is 0 Å². The van der Waals surface area contributed by atoms with E-state index in [1.54, 1.807) is 0 Å². The molecule has 2 aromatic rings. The molecule has 0 atom stereocenters. The third kappa shape index (κ3) is 3.99. The van der Waals surface area contributed by atoms with Gasteiger partial charge in [-0.15, -0.1) is 0 Å². The lowest BCUT2D eigenvalue weighted by molar-refractivity contribution is -0.113. The molecule has 3 aliphatic rings. The van der Waals surface area contributed by atoms with Crippen LogP contribution in [0.4, 0.5) is 11.4 Å². The Morgan fingerprint density at radius 2 is 1.87 bits per heavy atom. The third-order valence-electron chi connectivity index (χ3n) is 5.69. The molecular formula is C23H25N3O3S. The normalized spacial score (nSPS) is 18.7. The summed E-state index contributed by atoms with van der Waals surface area (Å²) < 4.78 is 11.1. The number of carbonyl (C=O) groups excluding carboxylic acids is 1. The highest BCUT2D eigenvalue weighted by molar-refractivity contribution is 8.15. The van der Waals surface area contributed by atoms with Gasteiger partial charge in [0, 0.05) is 23.0 Å². The minimum atomic E-state index is -0.221. The maximum Gasteiger partial charge on any atom is 0.234 e. The van der Waals surface area contributed by atoms with Crippen LogP contribution in [0.3, 0.4) is 0 Å². The maximum atomic E-state index is 12.6. The Morgan fingerprint density at radius 1 is 1.07 bits per heavy atom. The lowest BCUT2D eigenvalue weighted by Crippen LogP contribution is -2.42. The highest BCUT2D eigenvalue weighted by atomic mass is 32.2. The number of hydrogen-bond acceptors (Lipinski definition) is 6. The lowest BCUT2D eigenvalue weighted by Gasteiger charge is -2.39. The van der Waals surface area contributed by atoms with Crippen LogP contribution in [0.15, 0.2) is 47.5 Å². The minimum Gasteiger partial charge on any atom is -0.486 e. The summed E-state index contributed by atoms with van der Waals surface area (Å²) in [5.41, 5.74) is 2.68. The van der Waals surface area contributed by atoms with Gasteiger partial charge in [-0.1, -0.05) is 36.4 Å². The molecule has 0 saturated heterocycles. The average molecular weight is 424 g/mol. The Balaban J connectivity index is 1.29. The van der Waals surface area contributed by atoms with Crippen molar-refractivity contribution in [1.29, 1.82) is 0 Å². The van der Waals surface area contributed by atoms with Gasteiger partial charge in [0.15, 0.2) is 11.5 Å². The second-order valence-electron chi connectivity index (χ2n) is 7.88. The number of hydrogen-bond donors (Lipinski definition) is 2. The highest BCUT2D eigenvalue weighted by Gasteiger charge is 2.36. The fourth-order valence-corrected chi connectivity index (χ4v) is 5.16. The summed E-state index contributed by atoms with van der Waals surface area (Å²) in [7, 11) is 0. The number of nitrogens with one attached hydrogen (secondary N) is 2. The SMILES string of the molecule is O=C(CSC1=NC2(CCCCC2)Nc2ccccc21)Nc1ccc2c(c1)OCCO2. The van der Waals surface area contributed by atoms with Crippen molar-refractivity contribution in [3.63, 3.8) is 0 Å². The number of amides is 1. The molecule has 1 saturated carbocycles. The quantitative estimate of drug-likeness (QED) is 0.751. The van der Waals surface area contributed by atoms with Crippen molar-refractivity contribution in [3.8, 4) is 11.5 Å². The standard InChI is InChI=1S/C23H25N3O3S/c27-21(24-16-8-9-19-20(14-16)29-13-12-28-19)15-30-22-17-6-2-3-7-18(17)25-23(26-22)10-4-1-5-11-23/h2-3,6-9,14,25H,1,4-5,10-13,15H2,(H,24,27). The molecule has 0 radical (unpaired) electrons. The number of fused-ring (bicyclic) bond motifs is 2. The van der Waals surface area contributed by atoms with E-state index in [9.17, 15) is 4.79 Å². The topological polar surface area (TPSA) is 72.0 Å². The van der Waals surface area contributed by atoms with Gasteiger partial charge in [0.1, 0.15) is 23.9 Å². The average Bonchev–Trinajstić information content (AvgIpc) is 2.78. The number of aliphatic imine (C=N–C) groups is 1. The molecule has 156 valence electrons. The second-order valence-corrected chi connectivity index (χ2v) is 8.84. The van der Waals surface area contributed by atoms with Crippen LogP contribution in [-0.2, 0) is 4.79 Å². The number of para-hydroxylation sites is 1. The summed E-state index contributed by atoms with van der Waals surface area (Å²) in [6.07, 6.45) is 5.70. The van der Waals surface area contributed by atoms with Crippen molar-refractivity contribution in [2.75, 3.05) is 29.6 Å². The Kier molecular flexibility index (Phi) is 5.29. The number of anilines is 2. The van der Waals surface area contributed by atoms with Gasteiger partial charge in [-0.05, 0) is 43.9 Å². The molecule has 1 aliphatic carbocycles. The zero-order valence-corrected chi connectivity index (χ0v) is 17.6. The van der Waals surface area contributed by atoms with Gasteiger partial charge < -0.3 is 20.1 Å². The van der Waals surface area contributed by atoms with Crippen LogP contribution in [-0.4, -0.2) is 35.6 Å². The van der Waals surface area contributed by atoms with Crippen molar-refractivity contribution >= 4 is 34.1 Å². The third-order valence-corrected chi connectivity index (χ3v) is 6.68. The van der Waals surface area contributed by atoms with Crippen LogP contribution in [0.2, 0.25) is 0 Å². The van der Waals surface area contributed by atoms with Crippen molar-refractivity contribution in [2.24, 2.45) is 4.99 Å². The molecule has 2 aliphatic heterocycles. The predicted molar refractivity (Wildman–Crippen MR) is 121 cm³/mol. The summed E-state index contributed by atoms with van der Waals surface area (Å²) in [5, 5.41) is 7.58. The number of rotatable bonds is 3. The van der Waals surface area contributed by atoms with Crippen molar-refractivity contribution in [1.82, 2.24) is 0 Å². The first-order valence-corrected chi connectivity index (χ1v) is 11.5. The highest BCUT2D eigenvalue weighted by Crippen LogP contribution is 2.39. The molecule has 6 nitrogen and oxygen atoms in total. The predicted octanol–water partition coefficient (Wildman–Crippen LogP) is 4.66. The first kappa shape index (κ1) is 19.3. The Hall–Kier alpha value is -2.67. The molecule has 2 heterocycles. The first-order valence-electron chi connectivity index (χ1n) is 10.5. The molecule has 5 rings (SSSR count). The van der Waals surface area contributed by atoms with Crippen LogP contribution >= 0.6 is 11.8 Å². The fourth-order valence-electron chi connectivity index (χ4n) is 4.25. The largest absolute Gasteiger partial charge is 0.486 e. The second kappa shape index (κ2) is 8.22. The van der Waals surface area contributed by atoms with Gasteiger partial charge in [-0.25, -0.2) is 4.99 Å². The van der Waals surface area contributed by atoms with E-state index in [4.69, 9.17) is 14.5 Å². The van der Waals surface area contributed by atoms with E-state index in [0.29, 0.717) is 36.2 Å². The molecule has 7 heteroatoms. The van der Waals surface area contributed by atoms with E-state index in [1.807, 2.05) is 30.3 Å². The summed E-state index contributed by atoms with van der Waals surface area (Å²) in [5.74, 6) is 1.63. The van der Waals surface area contributed by atoms with E-state index in [0.717, 1.165) is 29.1 Å². The number of nitrogens with zero attached hydrogens (tertiary/aromatic N) is 1. The molecule has 1 fully saturated rings. The molecule has 0 aromatic heterocycles. The number of benzene rings is 2. The monoisotopic (exact) mass is 423 g/mol. The van der Waals surface area contributed by atoms with Gasteiger partial charge in [0.05, 0.1) is 5.75 Å². The van der Waals surface area contributed by atoms with E-state index in [2.05, 4.69) is 22.8 Å². The van der Waals surface area contributed by atoms with E-state index in [-0.39, 0.29) is 11.6 Å². The summed E-state index contributed by atoms with van der Waals surface area (Å²) in [4.78, 5) is 17.7. The lowest BCUT2D eigenvalue weighted by atomic mass is 9.88. The molecule has 2 N–H and O–H groups in total. The zero-order valence-electron chi connectivity index (χ0n) is 16.8. The van der Waals surface area contributed by atoms with Crippen LogP contribution in [0.5, 0.6) is 11.5 Å². The molecule has 30 heavy (non-hydrogen) atoms. The van der Waals surface area contributed by atoms with Crippen molar-refractivity contribution in [2.45, 2.75) is 37.8 Å². The van der Waals surface area contributed by atoms with Crippen LogP contribution in [0.25, 0.3) is 0 Å². The van der Waals surface area contributed by atoms with E-state index >= 15 is 0 Å². The van der Waals surface area contributed by atoms with Crippen molar-refractivity contribution in [3.05, 3.63) is 48.0 Å². The van der Waals surface area contributed by atoms with Gasteiger partial charge in [0.2, 0.25) is 5.91 Å². The van der Waals surface area contributed by atoms with Gasteiger partial charge in [0.25, 0.3) is 0 Å². The van der Waals surface area contributed by atoms with Gasteiger partial charge >= 0.3 is 0 Å². The van der Waals surface area contributed by atoms with Crippen molar-refractivity contribution < 1.29 is 14.3 Å².